The van der Waals surface area contributed by atoms with E-state index in [9.17, 15) is 19.5 Å². The number of aromatic nitrogens is 4. The number of carbonyl (C=O) groups is 3. The van der Waals surface area contributed by atoms with E-state index >= 15 is 0 Å². The van der Waals surface area contributed by atoms with E-state index in [4.69, 9.17) is 5.73 Å². The van der Waals surface area contributed by atoms with Crippen molar-refractivity contribution in [3.63, 3.8) is 0 Å². The van der Waals surface area contributed by atoms with E-state index in [1.54, 1.807) is 0 Å². The third-order valence-electron chi connectivity index (χ3n) is 3.74. The van der Waals surface area contributed by atoms with Gasteiger partial charge in [-0.3, -0.25) is 9.59 Å². The maximum Gasteiger partial charge on any atom is 0.326 e. The van der Waals surface area contributed by atoms with Crippen LogP contribution in [0.3, 0.4) is 0 Å². The zero-order valence-corrected chi connectivity index (χ0v) is 15.1. The van der Waals surface area contributed by atoms with Crippen molar-refractivity contribution in [3.05, 3.63) is 36.4 Å². The van der Waals surface area contributed by atoms with Crippen LogP contribution in [0, 0.1) is 0 Å². The van der Waals surface area contributed by atoms with Gasteiger partial charge in [0.15, 0.2) is 0 Å². The van der Waals surface area contributed by atoms with E-state index in [2.05, 4.69) is 43.2 Å². The molecular formula is C15H21N7O4S. The third kappa shape index (κ3) is 6.11. The van der Waals surface area contributed by atoms with Crippen LogP contribution >= 0.6 is 12.6 Å². The van der Waals surface area contributed by atoms with Crippen LogP contribution in [0.15, 0.2) is 25.0 Å². The Bertz CT molecular complexity index is 750. The molecule has 146 valence electrons. The smallest absolute Gasteiger partial charge is 0.326 e. The number of imidazole rings is 2. The molecule has 0 bridgehead atoms. The molecule has 0 unspecified atom stereocenters. The number of rotatable bonds is 10. The Balaban J connectivity index is 2.10. The van der Waals surface area contributed by atoms with Gasteiger partial charge in [-0.15, -0.1) is 0 Å². The zero-order chi connectivity index (χ0) is 19.8. The molecule has 0 saturated carbocycles. The predicted octanol–water partition coefficient (Wildman–Crippen LogP) is -1.77. The van der Waals surface area contributed by atoms with Crippen molar-refractivity contribution < 1.29 is 19.5 Å². The van der Waals surface area contributed by atoms with E-state index < -0.39 is 35.9 Å². The Hall–Kier alpha value is -2.86. The molecular weight excluding hydrogens is 374 g/mol. The monoisotopic (exact) mass is 395 g/mol. The largest absolute Gasteiger partial charge is 0.480 e. The SMILES string of the molecule is N[C@@H](CS)C(=O)N[C@@H](Cc1cnc[nH]1)C(=O)N[C@@H](Cc1cnc[nH]1)C(=O)O. The highest BCUT2D eigenvalue weighted by atomic mass is 32.1. The van der Waals surface area contributed by atoms with Gasteiger partial charge in [0.2, 0.25) is 11.8 Å². The lowest BCUT2D eigenvalue weighted by atomic mass is 10.1. The van der Waals surface area contributed by atoms with Gasteiger partial charge in [0.25, 0.3) is 0 Å². The summed E-state index contributed by atoms with van der Waals surface area (Å²) >= 11 is 3.96. The maximum absolute atomic E-state index is 12.7. The van der Waals surface area contributed by atoms with Gasteiger partial charge >= 0.3 is 5.97 Å². The Morgan fingerprint density at radius 3 is 2.00 bits per heavy atom. The summed E-state index contributed by atoms with van der Waals surface area (Å²) in [6.07, 6.45) is 5.93. The zero-order valence-electron chi connectivity index (χ0n) is 14.3. The second-order valence-electron chi connectivity index (χ2n) is 5.81. The fourth-order valence-corrected chi connectivity index (χ4v) is 2.44. The van der Waals surface area contributed by atoms with Crippen LogP contribution < -0.4 is 16.4 Å². The van der Waals surface area contributed by atoms with Crippen molar-refractivity contribution in [1.82, 2.24) is 30.6 Å². The molecule has 27 heavy (non-hydrogen) atoms. The van der Waals surface area contributed by atoms with Gasteiger partial charge in [0, 0.05) is 42.4 Å². The van der Waals surface area contributed by atoms with Gasteiger partial charge in [-0.25, -0.2) is 14.8 Å². The molecule has 0 fully saturated rings. The Morgan fingerprint density at radius 2 is 1.56 bits per heavy atom. The van der Waals surface area contributed by atoms with Gasteiger partial charge in [0.05, 0.1) is 18.7 Å². The van der Waals surface area contributed by atoms with Gasteiger partial charge in [-0.1, -0.05) is 0 Å². The van der Waals surface area contributed by atoms with Crippen LogP contribution in [0.5, 0.6) is 0 Å². The average Bonchev–Trinajstić information content (AvgIpc) is 3.33. The molecule has 7 N–H and O–H groups in total. The van der Waals surface area contributed by atoms with Crippen molar-refractivity contribution >= 4 is 30.4 Å². The normalized spacial score (nSPS) is 14.1. The molecule has 0 radical (unpaired) electrons. The lowest BCUT2D eigenvalue weighted by Crippen LogP contribution is -2.56. The second-order valence-corrected chi connectivity index (χ2v) is 6.18. The summed E-state index contributed by atoms with van der Waals surface area (Å²) < 4.78 is 0. The van der Waals surface area contributed by atoms with Crippen molar-refractivity contribution in [2.45, 2.75) is 31.0 Å². The summed E-state index contributed by atoms with van der Waals surface area (Å²) in [4.78, 5) is 49.5. The first-order valence-electron chi connectivity index (χ1n) is 8.05. The molecule has 0 aliphatic rings. The molecule has 0 aliphatic heterocycles. The number of carbonyl (C=O) groups excluding carboxylic acids is 2. The third-order valence-corrected chi connectivity index (χ3v) is 4.13. The molecule has 11 nitrogen and oxygen atoms in total. The number of nitrogens with zero attached hydrogens (tertiary/aromatic N) is 2. The van der Waals surface area contributed by atoms with Gasteiger partial charge < -0.3 is 31.4 Å². The molecule has 2 amide bonds. The molecule has 0 aromatic carbocycles. The molecule has 0 spiro atoms. The van der Waals surface area contributed by atoms with Crippen LogP contribution in [0.4, 0.5) is 0 Å². The first-order valence-corrected chi connectivity index (χ1v) is 8.68. The average molecular weight is 395 g/mol. The van der Waals surface area contributed by atoms with E-state index in [-0.39, 0.29) is 18.6 Å². The number of hydrogen-bond donors (Lipinski definition) is 7. The summed E-state index contributed by atoms with van der Waals surface area (Å²) in [6.45, 7) is 0. The summed E-state index contributed by atoms with van der Waals surface area (Å²) in [6, 6.07) is -3.13. The Kier molecular flexibility index (Phi) is 7.37. The fourth-order valence-electron chi connectivity index (χ4n) is 2.28. The van der Waals surface area contributed by atoms with Gasteiger partial charge in [-0.2, -0.15) is 12.6 Å². The number of carboxylic acids is 1. The number of nitrogens with two attached hydrogens (primary N) is 1. The Labute approximate surface area is 160 Å². The van der Waals surface area contributed by atoms with Crippen molar-refractivity contribution in [2.75, 3.05) is 5.75 Å². The highest BCUT2D eigenvalue weighted by Gasteiger charge is 2.28. The molecule has 12 heteroatoms. The van der Waals surface area contributed by atoms with Gasteiger partial charge in [0.1, 0.15) is 12.1 Å². The molecule has 0 aliphatic carbocycles. The number of nitrogens with one attached hydrogen (secondary N) is 4. The number of amides is 2. The van der Waals surface area contributed by atoms with Crippen LogP contribution in [0.2, 0.25) is 0 Å². The van der Waals surface area contributed by atoms with Crippen LogP contribution in [0.25, 0.3) is 0 Å². The lowest BCUT2D eigenvalue weighted by molar-refractivity contribution is -0.142. The summed E-state index contributed by atoms with van der Waals surface area (Å²) in [5, 5.41) is 14.3. The standard InChI is InChI=1S/C15H21N7O4S/c16-10(5-27)13(23)21-11(1-8-3-17-6-19-8)14(24)22-12(15(25)26)2-9-4-18-7-20-9/h3-4,6-7,10-12,27H,1-2,5,16H2,(H,17,19)(H,18,20)(H,21,23)(H,22,24)(H,25,26)/t10-,11-,12-/m0/s1. The quantitative estimate of drug-likeness (QED) is 0.233. The number of carboxylic acid groups (broad SMARTS) is 1. The van der Waals surface area contributed by atoms with Crippen LogP contribution in [-0.2, 0) is 27.2 Å². The highest BCUT2D eigenvalue weighted by Crippen LogP contribution is 2.03. The van der Waals surface area contributed by atoms with E-state index in [0.29, 0.717) is 11.4 Å². The minimum absolute atomic E-state index is 0.0158. The van der Waals surface area contributed by atoms with Crippen molar-refractivity contribution in [3.8, 4) is 0 Å². The second kappa shape index (κ2) is 9.73. The van der Waals surface area contributed by atoms with Gasteiger partial charge in [-0.05, 0) is 0 Å². The van der Waals surface area contributed by atoms with Crippen LogP contribution in [0.1, 0.15) is 11.4 Å². The minimum Gasteiger partial charge on any atom is -0.480 e. The summed E-state index contributed by atoms with van der Waals surface area (Å²) in [5.74, 6) is -2.33. The number of hydrogen-bond acceptors (Lipinski definition) is 7. The number of aromatic amines is 2. The lowest BCUT2D eigenvalue weighted by Gasteiger charge is -2.22. The van der Waals surface area contributed by atoms with E-state index in [1.807, 2.05) is 0 Å². The maximum atomic E-state index is 12.7. The molecule has 2 rings (SSSR count). The number of aliphatic carboxylic acids is 1. The van der Waals surface area contributed by atoms with Crippen molar-refractivity contribution in [2.24, 2.45) is 5.73 Å². The summed E-state index contributed by atoms with van der Waals surface area (Å²) in [7, 11) is 0. The van der Waals surface area contributed by atoms with E-state index in [1.165, 1.54) is 25.0 Å². The molecule has 2 aromatic rings. The van der Waals surface area contributed by atoms with Crippen LogP contribution in [-0.4, -0.2) is 66.7 Å². The van der Waals surface area contributed by atoms with Crippen molar-refractivity contribution in [1.29, 1.82) is 0 Å². The topological polar surface area (TPSA) is 179 Å². The van der Waals surface area contributed by atoms with E-state index in [0.717, 1.165) is 0 Å². The molecule has 2 aromatic heterocycles. The Morgan fingerprint density at radius 1 is 1.04 bits per heavy atom. The predicted molar refractivity (Wildman–Crippen MR) is 97.9 cm³/mol. The first-order chi connectivity index (χ1) is 12.9. The molecule has 3 atom stereocenters. The minimum atomic E-state index is -1.21. The number of thiol groups is 1. The highest BCUT2D eigenvalue weighted by molar-refractivity contribution is 7.80. The molecule has 2 heterocycles. The summed E-state index contributed by atoms with van der Waals surface area (Å²) in [5.41, 5.74) is 6.78. The fraction of sp³-hybridized carbons (Fsp3) is 0.400. The first kappa shape index (κ1) is 20.5. The number of H-pyrrole nitrogens is 2. The molecule has 0 saturated heterocycles.